The molecule has 2 saturated heterocycles. The van der Waals surface area contributed by atoms with E-state index in [-0.39, 0.29) is 31.5 Å². The molecule has 0 aromatic heterocycles. The number of hydrogen-bond donors (Lipinski definition) is 1. The van der Waals surface area contributed by atoms with Crippen molar-refractivity contribution < 1.29 is 57.3 Å². The highest BCUT2D eigenvalue weighted by Crippen LogP contribution is 2.72. The number of aliphatic hydroxyl groups excluding tert-OH is 1. The fraction of sp³-hybridized carbons (Fsp3) is 0.722. The number of Topliss-reactive ketones (excluding diaryl/α,β-unsaturated/α-hetero) is 1. The van der Waals surface area contributed by atoms with Gasteiger partial charge in [-0.15, -0.1) is 5.06 Å². The summed E-state index contributed by atoms with van der Waals surface area (Å²) < 4.78 is 36.1. The van der Waals surface area contributed by atoms with Gasteiger partial charge in [-0.05, 0) is 83.8 Å². The third kappa shape index (κ3) is 4.85. The number of nitrogens with zero attached hydrogens (tertiary/aromatic N) is 1. The highest BCUT2D eigenvalue weighted by Gasteiger charge is 2.80. The second-order valence-electron chi connectivity index (χ2n) is 15.9. The summed E-state index contributed by atoms with van der Waals surface area (Å²) in [6.45, 7) is 6.31. The van der Waals surface area contributed by atoms with E-state index in [2.05, 4.69) is 0 Å². The normalized spacial score (nSPS) is 43.7. The first-order chi connectivity index (χ1) is 23.0. The van der Waals surface area contributed by atoms with Gasteiger partial charge in [0.05, 0.1) is 24.0 Å². The lowest BCUT2D eigenvalue weighted by Crippen LogP contribution is -2.70. The number of hydrogen-bond acceptors (Lipinski definition) is 11. The standard InChI is InChI=1S/C36H44FNO11/c1-32(2)47-27-16-24-23-9-8-21-15-22(39)12-13-33(21,3)35(23,37)25(40)17-34(24,4)36(27,49-32)26(41)18-46-30(44)19-6-5-7-20(14-19)31(45)48-38-28(42)10-11-29(38)43/h12-13,15,19-20,23-25,27,40H,5-11,14,16-18H2,1-4H3/t19?,20?,23-,24-,25-,27+,33-,34-,35-,36+/m0/s1. The summed E-state index contributed by atoms with van der Waals surface area (Å²) in [7, 11) is 0. The van der Waals surface area contributed by atoms with E-state index in [1.165, 1.54) is 12.2 Å². The van der Waals surface area contributed by atoms with Gasteiger partial charge >= 0.3 is 11.9 Å². The largest absolute Gasteiger partial charge is 0.457 e. The molecule has 49 heavy (non-hydrogen) atoms. The zero-order valence-electron chi connectivity index (χ0n) is 28.3. The number of allylic oxidation sites excluding steroid dienone is 4. The summed E-state index contributed by atoms with van der Waals surface area (Å²) >= 11 is 0. The number of fused-ring (bicyclic) bond motifs is 7. The van der Waals surface area contributed by atoms with E-state index in [9.17, 15) is 33.9 Å². The van der Waals surface area contributed by atoms with Crippen LogP contribution in [0.1, 0.15) is 91.9 Å². The molecule has 7 aliphatic rings. The maximum Gasteiger partial charge on any atom is 0.336 e. The van der Waals surface area contributed by atoms with Crippen LogP contribution in [0.5, 0.6) is 0 Å². The average Bonchev–Trinajstić information content (AvgIpc) is 3.61. The van der Waals surface area contributed by atoms with Crippen LogP contribution in [0, 0.1) is 34.5 Å². The summed E-state index contributed by atoms with van der Waals surface area (Å²) in [5.74, 6) is -7.08. The number of amides is 2. The molecular formula is C36H44FNO11. The Hall–Kier alpha value is -3.29. The van der Waals surface area contributed by atoms with Crippen LogP contribution in [0.3, 0.4) is 0 Å². The molecule has 5 aliphatic carbocycles. The molecule has 12 nitrogen and oxygen atoms in total. The number of esters is 1. The van der Waals surface area contributed by atoms with E-state index in [0.717, 1.165) is 0 Å². The number of imide groups is 1. The summed E-state index contributed by atoms with van der Waals surface area (Å²) in [5.41, 5.74) is -5.35. The number of carbonyl (C=O) groups excluding carboxylic acids is 6. The van der Waals surface area contributed by atoms with Crippen molar-refractivity contribution >= 4 is 35.3 Å². The van der Waals surface area contributed by atoms with Gasteiger partial charge in [-0.1, -0.05) is 25.0 Å². The molecule has 0 aromatic carbocycles. The molecular weight excluding hydrogens is 641 g/mol. The van der Waals surface area contributed by atoms with Crippen LogP contribution in [0.4, 0.5) is 4.39 Å². The fourth-order valence-corrected chi connectivity index (χ4v) is 10.6. The molecule has 2 aliphatic heterocycles. The molecule has 6 fully saturated rings. The smallest absolute Gasteiger partial charge is 0.336 e. The predicted octanol–water partition coefficient (Wildman–Crippen LogP) is 3.38. The third-order valence-corrected chi connectivity index (χ3v) is 12.9. The molecule has 2 heterocycles. The molecule has 0 spiro atoms. The van der Waals surface area contributed by atoms with Crippen LogP contribution < -0.4 is 0 Å². The van der Waals surface area contributed by atoms with Crippen molar-refractivity contribution in [3.8, 4) is 0 Å². The van der Waals surface area contributed by atoms with Gasteiger partial charge in [-0.25, -0.2) is 9.18 Å². The summed E-state index contributed by atoms with van der Waals surface area (Å²) in [5, 5.41) is 12.3. The van der Waals surface area contributed by atoms with E-state index in [4.69, 9.17) is 19.0 Å². The molecule has 266 valence electrons. The molecule has 10 atom stereocenters. The minimum absolute atomic E-state index is 0.0285. The number of carbonyl (C=O) groups is 6. The van der Waals surface area contributed by atoms with E-state index in [1.807, 2.05) is 6.92 Å². The first-order valence-corrected chi connectivity index (χ1v) is 17.4. The quantitative estimate of drug-likeness (QED) is 0.322. The van der Waals surface area contributed by atoms with E-state index >= 15 is 4.39 Å². The van der Waals surface area contributed by atoms with Gasteiger partial charge in [0, 0.05) is 29.6 Å². The van der Waals surface area contributed by atoms with Crippen LogP contribution in [-0.2, 0) is 47.8 Å². The van der Waals surface area contributed by atoms with Crippen molar-refractivity contribution in [2.24, 2.45) is 34.5 Å². The maximum atomic E-state index is 17.7. The average molecular weight is 686 g/mol. The molecule has 2 amide bonds. The first-order valence-electron chi connectivity index (χ1n) is 17.4. The van der Waals surface area contributed by atoms with Gasteiger partial charge < -0.3 is 24.2 Å². The van der Waals surface area contributed by atoms with Crippen LogP contribution in [0.2, 0.25) is 0 Å². The SMILES string of the molecule is CC1(C)O[C@@H]2C[C@H]3[C@@H]4CCC5=CC(=O)C=C[C@]5(C)[C@@]4(F)[C@@H](O)C[C@]3(C)[C@]2(C(=O)COC(=O)C2CCCC(C(=O)ON3C(=O)CCC3=O)C2)O1. The number of aliphatic hydroxyl groups is 1. The topological polar surface area (TPSA) is 163 Å². The van der Waals surface area contributed by atoms with E-state index in [1.54, 1.807) is 26.8 Å². The van der Waals surface area contributed by atoms with E-state index < -0.39 is 99.9 Å². The Kier molecular flexibility index (Phi) is 7.92. The van der Waals surface area contributed by atoms with Crippen LogP contribution in [0.15, 0.2) is 23.8 Å². The Bertz CT molecular complexity index is 1570. The Morgan fingerprint density at radius 1 is 0.959 bits per heavy atom. The second-order valence-corrected chi connectivity index (χ2v) is 15.9. The van der Waals surface area contributed by atoms with Gasteiger partial charge in [0.15, 0.2) is 29.4 Å². The van der Waals surface area contributed by atoms with Gasteiger partial charge in [0.1, 0.15) is 0 Å². The predicted molar refractivity (Wildman–Crippen MR) is 165 cm³/mol. The van der Waals surface area contributed by atoms with Crippen molar-refractivity contribution in [2.45, 2.75) is 121 Å². The van der Waals surface area contributed by atoms with Gasteiger partial charge in [0.2, 0.25) is 5.78 Å². The monoisotopic (exact) mass is 685 g/mol. The number of ketones is 2. The Balaban J connectivity index is 1.09. The molecule has 0 radical (unpaired) electrons. The lowest BCUT2D eigenvalue weighted by Gasteiger charge is -2.62. The van der Waals surface area contributed by atoms with Gasteiger partial charge in [-0.3, -0.25) is 24.0 Å². The summed E-state index contributed by atoms with van der Waals surface area (Å²) in [6, 6.07) is 0. The van der Waals surface area contributed by atoms with E-state index in [0.29, 0.717) is 49.2 Å². The van der Waals surface area contributed by atoms with Crippen molar-refractivity contribution in [2.75, 3.05) is 6.61 Å². The second kappa shape index (κ2) is 11.4. The molecule has 0 aromatic rings. The first kappa shape index (κ1) is 34.2. The lowest BCUT2D eigenvalue weighted by molar-refractivity contribution is -0.246. The number of alkyl halides is 1. The van der Waals surface area contributed by atoms with Crippen molar-refractivity contribution in [3.63, 3.8) is 0 Å². The minimum Gasteiger partial charge on any atom is -0.457 e. The number of hydroxylamine groups is 2. The van der Waals surface area contributed by atoms with Gasteiger partial charge in [-0.2, -0.15) is 0 Å². The third-order valence-electron chi connectivity index (χ3n) is 12.9. The molecule has 4 saturated carbocycles. The Labute approximate surface area is 283 Å². The van der Waals surface area contributed by atoms with Gasteiger partial charge in [0.25, 0.3) is 11.8 Å². The van der Waals surface area contributed by atoms with Crippen LogP contribution >= 0.6 is 0 Å². The molecule has 2 unspecified atom stereocenters. The molecule has 13 heteroatoms. The molecule has 7 rings (SSSR count). The van der Waals surface area contributed by atoms with Crippen molar-refractivity contribution in [1.82, 2.24) is 5.06 Å². The number of rotatable bonds is 6. The Morgan fingerprint density at radius 2 is 1.63 bits per heavy atom. The lowest BCUT2D eigenvalue weighted by atomic mass is 9.44. The summed E-state index contributed by atoms with van der Waals surface area (Å²) in [6.07, 6.45) is 4.51. The van der Waals surface area contributed by atoms with Crippen molar-refractivity contribution in [3.05, 3.63) is 23.8 Å². The summed E-state index contributed by atoms with van der Waals surface area (Å²) in [4.78, 5) is 81.6. The zero-order chi connectivity index (χ0) is 35.3. The number of ether oxygens (including phenoxy) is 3. The van der Waals surface area contributed by atoms with Crippen LogP contribution in [0.25, 0.3) is 0 Å². The number of halogens is 1. The fourth-order valence-electron chi connectivity index (χ4n) is 10.6. The van der Waals surface area contributed by atoms with Crippen molar-refractivity contribution in [1.29, 1.82) is 0 Å². The molecule has 0 bridgehead atoms. The molecule has 1 N–H and O–H groups in total. The van der Waals surface area contributed by atoms with Crippen LogP contribution in [-0.4, -0.2) is 81.4 Å². The highest BCUT2D eigenvalue weighted by atomic mass is 19.1. The maximum absolute atomic E-state index is 17.7. The highest BCUT2D eigenvalue weighted by molar-refractivity contribution is 6.02. The zero-order valence-corrected chi connectivity index (χ0v) is 28.3. The minimum atomic E-state index is -2.10. The Morgan fingerprint density at radius 3 is 2.33 bits per heavy atom.